The van der Waals surface area contributed by atoms with Crippen molar-refractivity contribution < 1.29 is 4.42 Å². The number of nitrogens with zero attached hydrogens (tertiary/aromatic N) is 1. The third kappa shape index (κ3) is 1.79. The fraction of sp³-hybridized carbons (Fsp3) is 0.182. The Morgan fingerprint density at radius 2 is 2.27 bits per heavy atom. The van der Waals surface area contributed by atoms with E-state index in [0.717, 1.165) is 11.1 Å². The van der Waals surface area contributed by atoms with Crippen molar-refractivity contribution in [2.24, 2.45) is 0 Å². The third-order valence-corrected chi connectivity index (χ3v) is 2.35. The molecule has 0 atom stereocenters. The predicted octanol–water partition coefficient (Wildman–Crippen LogP) is 1.38. The Morgan fingerprint density at radius 3 is 2.93 bits per heavy atom. The number of furan rings is 1. The molecular formula is C11H12N2O2. The fourth-order valence-electron chi connectivity index (χ4n) is 1.39. The summed E-state index contributed by atoms with van der Waals surface area (Å²) in [5, 5.41) is 0. The molecule has 0 bridgehead atoms. The SMILES string of the molecule is Cc1ccn(Cc2ccoc2)c(=O)c1N. The zero-order valence-corrected chi connectivity index (χ0v) is 8.43. The molecule has 4 heteroatoms. The van der Waals surface area contributed by atoms with Gasteiger partial charge < -0.3 is 14.7 Å². The quantitative estimate of drug-likeness (QED) is 0.803. The van der Waals surface area contributed by atoms with E-state index in [2.05, 4.69) is 0 Å². The summed E-state index contributed by atoms with van der Waals surface area (Å²) < 4.78 is 6.50. The number of anilines is 1. The van der Waals surface area contributed by atoms with Crippen LogP contribution in [0.4, 0.5) is 5.69 Å². The number of hydrogen-bond acceptors (Lipinski definition) is 3. The van der Waals surface area contributed by atoms with Gasteiger partial charge >= 0.3 is 0 Å². The standard InChI is InChI=1S/C11H12N2O2/c1-8-2-4-13(11(14)10(8)12)6-9-3-5-15-7-9/h2-5,7H,6,12H2,1H3. The van der Waals surface area contributed by atoms with Crippen LogP contribution >= 0.6 is 0 Å². The largest absolute Gasteiger partial charge is 0.472 e. The maximum Gasteiger partial charge on any atom is 0.274 e. The lowest BCUT2D eigenvalue weighted by Gasteiger charge is -2.06. The van der Waals surface area contributed by atoms with E-state index < -0.39 is 0 Å². The van der Waals surface area contributed by atoms with Crippen LogP contribution in [0.2, 0.25) is 0 Å². The van der Waals surface area contributed by atoms with E-state index in [1.54, 1.807) is 23.3 Å². The van der Waals surface area contributed by atoms with Crippen molar-refractivity contribution >= 4 is 5.69 Å². The second-order valence-electron chi connectivity index (χ2n) is 3.48. The van der Waals surface area contributed by atoms with Crippen molar-refractivity contribution in [1.82, 2.24) is 4.57 Å². The van der Waals surface area contributed by atoms with Gasteiger partial charge in [0, 0.05) is 11.8 Å². The lowest BCUT2D eigenvalue weighted by molar-refractivity contribution is 0.561. The van der Waals surface area contributed by atoms with Crippen LogP contribution < -0.4 is 11.3 Å². The summed E-state index contributed by atoms with van der Waals surface area (Å²) in [7, 11) is 0. The molecule has 0 aromatic carbocycles. The smallest absolute Gasteiger partial charge is 0.274 e. The highest BCUT2D eigenvalue weighted by atomic mass is 16.3. The second kappa shape index (κ2) is 3.65. The van der Waals surface area contributed by atoms with Crippen LogP contribution in [0.15, 0.2) is 40.1 Å². The molecule has 0 spiro atoms. The lowest BCUT2D eigenvalue weighted by Crippen LogP contribution is -2.23. The van der Waals surface area contributed by atoms with Crippen LogP contribution in [0, 0.1) is 6.92 Å². The first-order chi connectivity index (χ1) is 7.18. The van der Waals surface area contributed by atoms with Crippen molar-refractivity contribution in [3.8, 4) is 0 Å². The van der Waals surface area contributed by atoms with E-state index in [1.165, 1.54) is 0 Å². The molecule has 0 radical (unpaired) electrons. The van der Waals surface area contributed by atoms with Crippen molar-refractivity contribution in [3.05, 3.63) is 52.3 Å². The number of nitrogens with two attached hydrogens (primary N) is 1. The van der Waals surface area contributed by atoms with Crippen LogP contribution in [0.1, 0.15) is 11.1 Å². The molecule has 2 heterocycles. The topological polar surface area (TPSA) is 61.2 Å². The first-order valence-electron chi connectivity index (χ1n) is 4.65. The van der Waals surface area contributed by atoms with E-state index >= 15 is 0 Å². The number of aromatic nitrogens is 1. The van der Waals surface area contributed by atoms with Gasteiger partial charge in [-0.05, 0) is 24.6 Å². The molecule has 0 saturated heterocycles. The average molecular weight is 204 g/mol. The van der Waals surface area contributed by atoms with Crippen LogP contribution in [-0.2, 0) is 6.54 Å². The minimum absolute atomic E-state index is 0.156. The van der Waals surface area contributed by atoms with Gasteiger partial charge in [0.05, 0.1) is 19.1 Å². The molecule has 0 aliphatic carbocycles. The van der Waals surface area contributed by atoms with Gasteiger partial charge in [-0.3, -0.25) is 4.79 Å². The molecule has 0 aliphatic heterocycles. The highest BCUT2D eigenvalue weighted by molar-refractivity contribution is 5.43. The van der Waals surface area contributed by atoms with E-state index in [4.69, 9.17) is 10.2 Å². The fourth-order valence-corrected chi connectivity index (χ4v) is 1.39. The van der Waals surface area contributed by atoms with Crippen LogP contribution in [0.5, 0.6) is 0 Å². The van der Waals surface area contributed by atoms with E-state index in [1.807, 2.05) is 19.1 Å². The summed E-state index contributed by atoms with van der Waals surface area (Å²) in [6.45, 7) is 2.30. The van der Waals surface area contributed by atoms with Gasteiger partial charge in [0.15, 0.2) is 0 Å². The Hall–Kier alpha value is -1.97. The highest BCUT2D eigenvalue weighted by Crippen LogP contribution is 2.05. The Bertz CT molecular complexity index is 512. The van der Waals surface area contributed by atoms with Crippen molar-refractivity contribution in [2.45, 2.75) is 13.5 Å². The lowest BCUT2D eigenvalue weighted by atomic mass is 10.2. The molecule has 15 heavy (non-hydrogen) atoms. The number of aryl methyl sites for hydroxylation is 1. The van der Waals surface area contributed by atoms with Crippen molar-refractivity contribution in [1.29, 1.82) is 0 Å². The van der Waals surface area contributed by atoms with Gasteiger partial charge in [0.25, 0.3) is 5.56 Å². The number of hydrogen-bond donors (Lipinski definition) is 1. The molecule has 0 amide bonds. The molecule has 0 fully saturated rings. The zero-order valence-electron chi connectivity index (χ0n) is 8.43. The monoisotopic (exact) mass is 204 g/mol. The van der Waals surface area contributed by atoms with Crippen LogP contribution in [-0.4, -0.2) is 4.57 Å². The minimum Gasteiger partial charge on any atom is -0.472 e. The molecule has 2 aromatic heterocycles. The summed E-state index contributed by atoms with van der Waals surface area (Å²) in [4.78, 5) is 11.7. The number of pyridine rings is 1. The minimum atomic E-state index is -0.156. The first kappa shape index (κ1) is 9.58. The van der Waals surface area contributed by atoms with Crippen LogP contribution in [0.3, 0.4) is 0 Å². The van der Waals surface area contributed by atoms with Gasteiger partial charge in [-0.1, -0.05) is 0 Å². The van der Waals surface area contributed by atoms with Crippen LogP contribution in [0.25, 0.3) is 0 Å². The first-order valence-corrected chi connectivity index (χ1v) is 4.65. The summed E-state index contributed by atoms with van der Waals surface area (Å²) in [5.74, 6) is 0. The van der Waals surface area contributed by atoms with E-state index in [9.17, 15) is 4.79 Å². The van der Waals surface area contributed by atoms with E-state index in [-0.39, 0.29) is 5.56 Å². The highest BCUT2D eigenvalue weighted by Gasteiger charge is 2.04. The summed E-state index contributed by atoms with van der Waals surface area (Å²) in [5.41, 5.74) is 7.56. The molecule has 2 rings (SSSR count). The second-order valence-corrected chi connectivity index (χ2v) is 3.48. The number of rotatable bonds is 2. The van der Waals surface area contributed by atoms with Gasteiger partial charge in [-0.2, -0.15) is 0 Å². The van der Waals surface area contributed by atoms with Gasteiger partial charge in [0.1, 0.15) is 5.69 Å². The third-order valence-electron chi connectivity index (χ3n) is 2.35. The maximum absolute atomic E-state index is 11.7. The Morgan fingerprint density at radius 1 is 1.47 bits per heavy atom. The van der Waals surface area contributed by atoms with E-state index in [0.29, 0.717) is 12.2 Å². The van der Waals surface area contributed by atoms with Gasteiger partial charge in [-0.25, -0.2) is 0 Å². The summed E-state index contributed by atoms with van der Waals surface area (Å²) >= 11 is 0. The zero-order chi connectivity index (χ0) is 10.8. The molecule has 2 aromatic rings. The maximum atomic E-state index is 11.7. The molecule has 0 aliphatic rings. The number of nitrogen functional groups attached to an aromatic ring is 1. The van der Waals surface area contributed by atoms with Gasteiger partial charge in [-0.15, -0.1) is 0 Å². The molecule has 0 unspecified atom stereocenters. The summed E-state index contributed by atoms with van der Waals surface area (Å²) in [6.07, 6.45) is 4.93. The Balaban J connectivity index is 2.38. The predicted molar refractivity (Wildman–Crippen MR) is 57.7 cm³/mol. The van der Waals surface area contributed by atoms with Gasteiger partial charge in [0.2, 0.25) is 0 Å². The normalized spacial score (nSPS) is 10.5. The summed E-state index contributed by atoms with van der Waals surface area (Å²) in [6, 6.07) is 3.65. The Kier molecular flexibility index (Phi) is 2.33. The average Bonchev–Trinajstić information content (AvgIpc) is 2.72. The molecule has 4 nitrogen and oxygen atoms in total. The molecule has 78 valence electrons. The molecule has 2 N–H and O–H groups in total. The molecule has 0 saturated carbocycles. The van der Waals surface area contributed by atoms with Crippen molar-refractivity contribution in [3.63, 3.8) is 0 Å². The molecular weight excluding hydrogens is 192 g/mol. The van der Waals surface area contributed by atoms with Crippen molar-refractivity contribution in [2.75, 3.05) is 5.73 Å². The Labute approximate surface area is 86.9 Å².